The Morgan fingerprint density at radius 2 is 2.50 bits per heavy atom. The van der Waals surface area contributed by atoms with Gasteiger partial charge < -0.3 is 10.1 Å². The number of nitrogens with zero attached hydrogens (tertiary/aromatic N) is 1. The molecule has 4 nitrogen and oxygen atoms in total. The number of aromatic nitrogens is 1. The van der Waals surface area contributed by atoms with Gasteiger partial charge in [0, 0.05) is 6.20 Å². The molecule has 74 valence electrons. The van der Waals surface area contributed by atoms with Crippen molar-refractivity contribution in [1.29, 1.82) is 0 Å². The molecule has 14 heavy (non-hydrogen) atoms. The fourth-order valence-electron chi connectivity index (χ4n) is 1.40. The summed E-state index contributed by atoms with van der Waals surface area (Å²) in [5, 5.41) is 2.68. The van der Waals surface area contributed by atoms with Crippen LogP contribution < -0.4 is 5.32 Å². The first-order valence-electron chi connectivity index (χ1n) is 4.67. The molecule has 1 unspecified atom stereocenters. The van der Waals surface area contributed by atoms with E-state index in [-0.39, 0.29) is 12.1 Å². The fraction of sp³-hybridized carbons (Fsp3) is 0.400. The Hall–Kier alpha value is -1.58. The molecule has 1 atom stereocenters. The highest BCUT2D eigenvalue weighted by atomic mass is 16.6. The zero-order valence-electron chi connectivity index (χ0n) is 7.99. The van der Waals surface area contributed by atoms with Crippen LogP contribution in [0.5, 0.6) is 0 Å². The number of amides is 1. The molecule has 1 saturated heterocycles. The second-order valence-corrected chi connectivity index (χ2v) is 3.24. The summed E-state index contributed by atoms with van der Waals surface area (Å²) in [5.74, 6) is 0. The molecule has 1 aromatic heterocycles. The number of cyclic esters (lactones) is 1. The van der Waals surface area contributed by atoms with Crippen molar-refractivity contribution in [2.24, 2.45) is 0 Å². The lowest BCUT2D eigenvalue weighted by atomic mass is 10.1. The van der Waals surface area contributed by atoms with Gasteiger partial charge in [0.25, 0.3) is 0 Å². The van der Waals surface area contributed by atoms with Crippen LogP contribution in [-0.4, -0.2) is 17.7 Å². The van der Waals surface area contributed by atoms with Crippen LogP contribution in [0.15, 0.2) is 18.3 Å². The molecule has 1 amide bonds. The highest BCUT2D eigenvalue weighted by Gasteiger charge is 2.24. The number of rotatable bonds is 2. The van der Waals surface area contributed by atoms with Crippen molar-refractivity contribution in [2.45, 2.75) is 19.4 Å². The van der Waals surface area contributed by atoms with Crippen LogP contribution in [0.1, 0.15) is 24.2 Å². The van der Waals surface area contributed by atoms with Gasteiger partial charge in [0.05, 0.1) is 5.69 Å². The molecule has 0 aliphatic carbocycles. The molecule has 1 aliphatic rings. The smallest absolute Gasteiger partial charge is 0.407 e. The molecule has 1 aromatic rings. The largest absolute Gasteiger partial charge is 0.447 e. The van der Waals surface area contributed by atoms with Crippen molar-refractivity contribution < 1.29 is 9.53 Å². The Balaban J connectivity index is 2.13. The Kier molecular flexibility index (Phi) is 2.35. The molecule has 2 heterocycles. The molecule has 0 spiro atoms. The number of aryl methyl sites for hydroxylation is 1. The van der Waals surface area contributed by atoms with Crippen molar-refractivity contribution in [3.63, 3.8) is 0 Å². The van der Waals surface area contributed by atoms with E-state index in [1.807, 2.05) is 18.3 Å². The monoisotopic (exact) mass is 192 g/mol. The quantitative estimate of drug-likeness (QED) is 0.771. The van der Waals surface area contributed by atoms with Crippen LogP contribution in [0.4, 0.5) is 4.79 Å². The van der Waals surface area contributed by atoms with E-state index in [0.29, 0.717) is 6.61 Å². The van der Waals surface area contributed by atoms with Crippen molar-refractivity contribution in [3.8, 4) is 0 Å². The summed E-state index contributed by atoms with van der Waals surface area (Å²) in [6, 6.07) is 3.86. The topological polar surface area (TPSA) is 51.2 Å². The van der Waals surface area contributed by atoms with Gasteiger partial charge in [0.2, 0.25) is 0 Å². The minimum Gasteiger partial charge on any atom is -0.447 e. The molecular weight excluding hydrogens is 180 g/mol. The summed E-state index contributed by atoms with van der Waals surface area (Å²) in [4.78, 5) is 15.1. The molecule has 1 fully saturated rings. The first kappa shape index (κ1) is 8.99. The average Bonchev–Trinajstić information content (AvgIpc) is 2.65. The predicted octanol–water partition coefficient (Wildman–Crippen LogP) is 1.42. The van der Waals surface area contributed by atoms with Crippen LogP contribution in [0.25, 0.3) is 0 Å². The lowest BCUT2D eigenvalue weighted by molar-refractivity contribution is 0.177. The summed E-state index contributed by atoms with van der Waals surface area (Å²) >= 11 is 0. The van der Waals surface area contributed by atoms with E-state index in [9.17, 15) is 4.79 Å². The number of ether oxygens (including phenoxy) is 1. The van der Waals surface area contributed by atoms with E-state index in [0.717, 1.165) is 12.1 Å². The maximum absolute atomic E-state index is 10.8. The zero-order chi connectivity index (χ0) is 9.97. The van der Waals surface area contributed by atoms with Crippen LogP contribution in [0.2, 0.25) is 0 Å². The van der Waals surface area contributed by atoms with Crippen molar-refractivity contribution in [3.05, 3.63) is 29.6 Å². The first-order valence-corrected chi connectivity index (χ1v) is 4.67. The maximum Gasteiger partial charge on any atom is 0.407 e. The van der Waals surface area contributed by atoms with Crippen molar-refractivity contribution in [1.82, 2.24) is 10.3 Å². The highest BCUT2D eigenvalue weighted by molar-refractivity contribution is 5.69. The lowest BCUT2D eigenvalue weighted by Gasteiger charge is -2.06. The van der Waals surface area contributed by atoms with E-state index in [1.165, 1.54) is 5.56 Å². The number of hydrogen-bond donors (Lipinski definition) is 1. The first-order chi connectivity index (χ1) is 6.79. The Labute approximate surface area is 82.3 Å². The second-order valence-electron chi connectivity index (χ2n) is 3.24. The zero-order valence-corrected chi connectivity index (χ0v) is 7.99. The van der Waals surface area contributed by atoms with Crippen LogP contribution >= 0.6 is 0 Å². The number of nitrogens with one attached hydrogen (secondary N) is 1. The molecule has 0 saturated carbocycles. The van der Waals surface area contributed by atoms with Gasteiger partial charge in [0.1, 0.15) is 12.6 Å². The van der Waals surface area contributed by atoms with Crippen LogP contribution in [0.3, 0.4) is 0 Å². The van der Waals surface area contributed by atoms with Gasteiger partial charge >= 0.3 is 6.09 Å². The van der Waals surface area contributed by atoms with E-state index in [4.69, 9.17) is 4.74 Å². The fourth-order valence-corrected chi connectivity index (χ4v) is 1.40. The minimum absolute atomic E-state index is 0.0894. The Bertz CT molecular complexity index is 334. The number of carbonyl (C=O) groups excluding carboxylic acids is 1. The van der Waals surface area contributed by atoms with Gasteiger partial charge in [-0.25, -0.2) is 4.79 Å². The molecule has 4 heteroatoms. The second kappa shape index (κ2) is 3.65. The van der Waals surface area contributed by atoms with Gasteiger partial charge in [-0.05, 0) is 18.1 Å². The average molecular weight is 192 g/mol. The number of alkyl carbamates (subject to hydrolysis) is 1. The van der Waals surface area contributed by atoms with E-state index in [1.54, 1.807) is 0 Å². The number of carbonyl (C=O) groups is 1. The van der Waals surface area contributed by atoms with Gasteiger partial charge in [-0.1, -0.05) is 13.0 Å². The van der Waals surface area contributed by atoms with Gasteiger partial charge in [0.15, 0.2) is 0 Å². The van der Waals surface area contributed by atoms with Crippen molar-refractivity contribution >= 4 is 6.09 Å². The third kappa shape index (κ3) is 1.69. The van der Waals surface area contributed by atoms with E-state index in [2.05, 4.69) is 17.2 Å². The summed E-state index contributed by atoms with van der Waals surface area (Å²) in [6.07, 6.45) is 2.44. The van der Waals surface area contributed by atoms with Crippen LogP contribution in [-0.2, 0) is 11.2 Å². The molecule has 2 rings (SSSR count). The van der Waals surface area contributed by atoms with E-state index >= 15 is 0 Å². The third-order valence-corrected chi connectivity index (χ3v) is 2.29. The molecule has 0 bridgehead atoms. The SMILES string of the molecule is CCc1ccc(C2COC(=O)N2)nc1. The van der Waals surface area contributed by atoms with Gasteiger partial charge in [-0.15, -0.1) is 0 Å². The van der Waals surface area contributed by atoms with E-state index < -0.39 is 0 Å². The van der Waals surface area contributed by atoms with Gasteiger partial charge in [-0.3, -0.25) is 4.98 Å². The van der Waals surface area contributed by atoms with Crippen LogP contribution in [0, 0.1) is 0 Å². The summed E-state index contributed by atoms with van der Waals surface area (Å²) in [7, 11) is 0. The summed E-state index contributed by atoms with van der Waals surface area (Å²) in [6.45, 7) is 2.45. The number of hydrogen-bond acceptors (Lipinski definition) is 3. The summed E-state index contributed by atoms with van der Waals surface area (Å²) in [5.41, 5.74) is 2.05. The minimum atomic E-state index is -0.364. The predicted molar refractivity (Wildman–Crippen MR) is 50.8 cm³/mol. The lowest BCUT2D eigenvalue weighted by Crippen LogP contribution is -2.19. The Morgan fingerprint density at radius 3 is 3.00 bits per heavy atom. The van der Waals surface area contributed by atoms with Gasteiger partial charge in [-0.2, -0.15) is 0 Å². The molecule has 1 N–H and O–H groups in total. The number of pyridine rings is 1. The molecule has 0 aromatic carbocycles. The molecular formula is C10H12N2O2. The van der Waals surface area contributed by atoms with Crippen molar-refractivity contribution in [2.75, 3.05) is 6.61 Å². The normalized spacial score (nSPS) is 20.4. The third-order valence-electron chi connectivity index (χ3n) is 2.29. The maximum atomic E-state index is 10.8. The Morgan fingerprint density at radius 1 is 1.64 bits per heavy atom. The summed E-state index contributed by atoms with van der Waals surface area (Å²) < 4.78 is 4.79. The molecule has 0 radical (unpaired) electrons. The standard InChI is InChI=1S/C10H12N2O2/c1-2-7-3-4-8(11-5-7)9-6-14-10(13)12-9/h3-5,9H,2,6H2,1H3,(H,12,13). The highest BCUT2D eigenvalue weighted by Crippen LogP contribution is 2.15. The molecule has 1 aliphatic heterocycles.